The second kappa shape index (κ2) is 10.5. The van der Waals surface area contributed by atoms with Crippen LogP contribution in [0.4, 0.5) is 9.18 Å². The van der Waals surface area contributed by atoms with Gasteiger partial charge in [0.15, 0.2) is 11.5 Å². The molecule has 1 heterocycles. The van der Waals surface area contributed by atoms with E-state index >= 15 is 0 Å². The van der Waals surface area contributed by atoms with E-state index in [-0.39, 0.29) is 29.7 Å². The summed E-state index contributed by atoms with van der Waals surface area (Å²) < 4.78 is 24.8. The highest BCUT2D eigenvalue weighted by molar-refractivity contribution is 5.88. The molecule has 2 aromatic carbocycles. The Kier molecular flexibility index (Phi) is 7.48. The number of nitrogens with one attached hydrogen (secondary N) is 2. The summed E-state index contributed by atoms with van der Waals surface area (Å²) in [5, 5.41) is 6.03. The van der Waals surface area contributed by atoms with Crippen molar-refractivity contribution in [2.24, 2.45) is 5.92 Å². The Labute approximate surface area is 206 Å². The Morgan fingerprint density at radius 3 is 2.37 bits per heavy atom. The molecule has 1 fully saturated rings. The second-order valence-corrected chi connectivity index (χ2v) is 9.40. The predicted molar refractivity (Wildman–Crippen MR) is 131 cm³/mol. The fourth-order valence-corrected chi connectivity index (χ4v) is 4.61. The molecule has 2 N–H and O–H groups in total. The van der Waals surface area contributed by atoms with Gasteiger partial charge < -0.3 is 25.0 Å². The first-order chi connectivity index (χ1) is 16.9. The van der Waals surface area contributed by atoms with Crippen LogP contribution in [0.25, 0.3) is 0 Å². The molecule has 1 saturated carbocycles. The normalized spacial score (nSPS) is 18.8. The molecule has 0 spiro atoms. The smallest absolute Gasteiger partial charge is 0.318 e. The number of amides is 3. The van der Waals surface area contributed by atoms with E-state index in [1.165, 1.54) is 12.1 Å². The number of carbonyl (C=O) groups excluding carboxylic acids is 2. The molecule has 2 aromatic rings. The lowest BCUT2D eigenvalue weighted by molar-refractivity contribution is -0.124. The second-order valence-electron chi connectivity index (χ2n) is 9.40. The van der Waals surface area contributed by atoms with Crippen LogP contribution in [0.15, 0.2) is 36.4 Å². The van der Waals surface area contributed by atoms with Crippen LogP contribution in [0, 0.1) is 11.7 Å². The molecule has 3 atom stereocenters. The van der Waals surface area contributed by atoms with Crippen LogP contribution < -0.4 is 20.1 Å². The number of rotatable bonds is 8. The van der Waals surface area contributed by atoms with Crippen LogP contribution in [0.2, 0.25) is 0 Å². The maximum atomic E-state index is 13.7. The van der Waals surface area contributed by atoms with Gasteiger partial charge >= 0.3 is 6.03 Å². The van der Waals surface area contributed by atoms with Crippen molar-refractivity contribution >= 4 is 11.9 Å². The van der Waals surface area contributed by atoms with Gasteiger partial charge in [-0.1, -0.05) is 32.4 Å². The molecule has 188 valence electrons. The zero-order valence-corrected chi connectivity index (χ0v) is 20.8. The molecule has 3 amide bonds. The monoisotopic (exact) mass is 483 g/mol. The molecule has 8 heteroatoms. The highest BCUT2D eigenvalue weighted by Gasteiger charge is 2.37. The summed E-state index contributed by atoms with van der Waals surface area (Å²) in [4.78, 5) is 28.3. The average molecular weight is 484 g/mol. The molecule has 0 unspecified atom stereocenters. The maximum Gasteiger partial charge on any atom is 0.318 e. The Morgan fingerprint density at radius 1 is 1.11 bits per heavy atom. The third-order valence-corrected chi connectivity index (χ3v) is 7.02. The number of hydrogen-bond acceptors (Lipinski definition) is 4. The van der Waals surface area contributed by atoms with Gasteiger partial charge in [0.25, 0.3) is 0 Å². The fourth-order valence-electron chi connectivity index (χ4n) is 4.61. The zero-order chi connectivity index (χ0) is 25.1. The van der Waals surface area contributed by atoms with E-state index in [2.05, 4.69) is 10.6 Å². The van der Waals surface area contributed by atoms with Crippen molar-refractivity contribution < 1.29 is 23.5 Å². The first kappa shape index (κ1) is 24.8. The van der Waals surface area contributed by atoms with Crippen molar-refractivity contribution in [3.63, 3.8) is 0 Å². The van der Waals surface area contributed by atoms with Crippen molar-refractivity contribution in [3.05, 3.63) is 58.9 Å². The first-order valence-electron chi connectivity index (χ1n) is 12.2. The number of benzene rings is 2. The Hall–Kier alpha value is -3.29. The SMILES string of the molecule is CC[C@@H](C)[C@H](NC(=O)N1CCc2cc(OC)c(OC)cc2[C@H]1c1ccc(F)cc1)C(=O)NC1CC1. The fraction of sp³-hybridized carbons (Fsp3) is 0.481. The Morgan fingerprint density at radius 2 is 1.77 bits per heavy atom. The number of methoxy groups -OCH3 is 2. The minimum Gasteiger partial charge on any atom is -0.493 e. The van der Waals surface area contributed by atoms with E-state index in [1.807, 2.05) is 26.0 Å². The molecule has 4 rings (SSSR count). The van der Waals surface area contributed by atoms with Crippen molar-refractivity contribution in [1.29, 1.82) is 0 Å². The minimum absolute atomic E-state index is 0.0246. The zero-order valence-electron chi connectivity index (χ0n) is 20.8. The van der Waals surface area contributed by atoms with Crippen molar-refractivity contribution in [2.75, 3.05) is 20.8 Å². The molecule has 35 heavy (non-hydrogen) atoms. The summed E-state index contributed by atoms with van der Waals surface area (Å²) in [7, 11) is 3.16. The van der Waals surface area contributed by atoms with Crippen LogP contribution >= 0.6 is 0 Å². The summed E-state index contributed by atoms with van der Waals surface area (Å²) in [6, 6.07) is 8.78. The number of hydrogen-bond donors (Lipinski definition) is 2. The number of halogens is 1. The molecular formula is C27H34FN3O4. The molecule has 0 bridgehead atoms. The van der Waals surface area contributed by atoms with Gasteiger partial charge in [0.05, 0.1) is 20.3 Å². The molecule has 7 nitrogen and oxygen atoms in total. The van der Waals surface area contributed by atoms with E-state index in [4.69, 9.17) is 9.47 Å². The van der Waals surface area contributed by atoms with E-state index in [0.717, 1.165) is 36.0 Å². The van der Waals surface area contributed by atoms with Gasteiger partial charge in [-0.05, 0) is 66.1 Å². The van der Waals surface area contributed by atoms with Gasteiger partial charge in [0, 0.05) is 12.6 Å². The molecular weight excluding hydrogens is 449 g/mol. The highest BCUT2D eigenvalue weighted by Crippen LogP contribution is 2.41. The number of urea groups is 1. The van der Waals surface area contributed by atoms with Gasteiger partial charge in [-0.15, -0.1) is 0 Å². The summed E-state index contributed by atoms with van der Waals surface area (Å²) in [6.45, 7) is 4.41. The summed E-state index contributed by atoms with van der Waals surface area (Å²) in [6.07, 6.45) is 3.33. The molecule has 1 aliphatic carbocycles. The lowest BCUT2D eigenvalue weighted by Gasteiger charge is -2.39. The maximum absolute atomic E-state index is 13.7. The van der Waals surface area contributed by atoms with Gasteiger partial charge in [0.1, 0.15) is 11.9 Å². The minimum atomic E-state index is -0.631. The Bertz CT molecular complexity index is 1070. The number of ether oxygens (including phenoxy) is 2. The third kappa shape index (κ3) is 5.36. The highest BCUT2D eigenvalue weighted by atomic mass is 19.1. The molecule has 0 saturated heterocycles. The van der Waals surface area contributed by atoms with Gasteiger partial charge in [-0.2, -0.15) is 0 Å². The number of fused-ring (bicyclic) bond motifs is 1. The van der Waals surface area contributed by atoms with Crippen LogP contribution in [-0.2, 0) is 11.2 Å². The van der Waals surface area contributed by atoms with Gasteiger partial charge in [0.2, 0.25) is 5.91 Å². The van der Waals surface area contributed by atoms with Crippen molar-refractivity contribution in [2.45, 2.75) is 57.7 Å². The number of carbonyl (C=O) groups is 2. The molecule has 0 aromatic heterocycles. The van der Waals surface area contributed by atoms with Gasteiger partial charge in [-0.3, -0.25) is 4.79 Å². The molecule has 1 aliphatic heterocycles. The molecule has 2 aliphatic rings. The molecule has 0 radical (unpaired) electrons. The largest absolute Gasteiger partial charge is 0.493 e. The first-order valence-corrected chi connectivity index (χ1v) is 12.2. The van der Waals surface area contributed by atoms with E-state index in [1.54, 1.807) is 31.3 Å². The predicted octanol–water partition coefficient (Wildman–Crippen LogP) is 4.19. The van der Waals surface area contributed by atoms with Crippen LogP contribution in [0.5, 0.6) is 11.5 Å². The third-order valence-electron chi connectivity index (χ3n) is 7.02. The van der Waals surface area contributed by atoms with Crippen LogP contribution in [0.1, 0.15) is 55.8 Å². The van der Waals surface area contributed by atoms with Crippen molar-refractivity contribution in [1.82, 2.24) is 15.5 Å². The lowest BCUT2D eigenvalue weighted by atomic mass is 9.87. The van der Waals surface area contributed by atoms with E-state index in [9.17, 15) is 14.0 Å². The van der Waals surface area contributed by atoms with E-state index < -0.39 is 12.1 Å². The van der Waals surface area contributed by atoms with Crippen LogP contribution in [-0.4, -0.2) is 49.7 Å². The topological polar surface area (TPSA) is 79.9 Å². The Balaban J connectivity index is 1.69. The van der Waals surface area contributed by atoms with Crippen molar-refractivity contribution in [3.8, 4) is 11.5 Å². The van der Waals surface area contributed by atoms with Crippen LogP contribution in [0.3, 0.4) is 0 Å². The average Bonchev–Trinajstić information content (AvgIpc) is 3.69. The summed E-state index contributed by atoms with van der Waals surface area (Å²) >= 11 is 0. The number of nitrogens with zero attached hydrogens (tertiary/aromatic N) is 1. The standard InChI is InChI=1S/C27H34FN3O4/c1-5-16(2)24(26(32)29-20-10-11-20)30-27(33)31-13-12-18-14-22(34-3)23(35-4)15-21(18)25(31)17-6-8-19(28)9-7-17/h6-9,14-16,20,24-25H,5,10-13H2,1-4H3,(H,29,32)(H,30,33)/t16-,24+,25-/m1/s1. The quantitative estimate of drug-likeness (QED) is 0.590. The summed E-state index contributed by atoms with van der Waals surface area (Å²) in [5.74, 6) is 0.667. The van der Waals surface area contributed by atoms with Gasteiger partial charge in [-0.25, -0.2) is 9.18 Å². The summed E-state index contributed by atoms with van der Waals surface area (Å²) in [5.41, 5.74) is 2.70. The van der Waals surface area contributed by atoms with E-state index in [0.29, 0.717) is 24.5 Å². The lowest BCUT2D eigenvalue weighted by Crippen LogP contribution is -2.55.